The fraction of sp³-hybridized carbons (Fsp3) is 0.567. The van der Waals surface area contributed by atoms with Crippen LogP contribution < -0.4 is 5.32 Å². The number of nitrogens with one attached hydrogen (secondary N) is 1. The molecule has 198 valence electrons. The number of aryl methyl sites for hydroxylation is 1. The number of aliphatic imine (C=N–C) groups is 1. The van der Waals surface area contributed by atoms with Gasteiger partial charge in [-0.15, -0.1) is 0 Å². The topological polar surface area (TPSA) is 77.0 Å². The van der Waals surface area contributed by atoms with Crippen molar-refractivity contribution in [1.82, 2.24) is 5.32 Å². The average molecular weight is 497 g/mol. The Morgan fingerprint density at radius 2 is 1.89 bits per heavy atom. The first-order valence-corrected chi connectivity index (χ1v) is 13.1. The van der Waals surface area contributed by atoms with Gasteiger partial charge < -0.3 is 14.8 Å². The number of carbonyl (C=O) groups excluding carboxylic acids is 2. The molecule has 1 atom stereocenters. The summed E-state index contributed by atoms with van der Waals surface area (Å²) in [5.41, 5.74) is 5.58. The standard InChI is InChI=1S/C30H44N2O4/c1-8-25(17-22(5)23(6)33)29(20(2)3)32-28-18-24(14-13-21(28)4)19-31-27(15-16-35-7)30(34)36-26-11-9-10-12-26/h8,13-14,17-18,20,26-27,31H,9-12,15-16,19H2,1-7H3/b22-17-,25-8+,32-29+. The lowest BCUT2D eigenvalue weighted by Gasteiger charge is -2.20. The molecule has 1 aliphatic carbocycles. The minimum absolute atomic E-state index is 0.0422. The number of ether oxygens (including phenoxy) is 2. The van der Waals surface area contributed by atoms with E-state index in [4.69, 9.17) is 14.5 Å². The number of carbonyl (C=O) groups is 2. The lowest BCUT2D eigenvalue weighted by molar-refractivity contribution is -0.151. The first-order chi connectivity index (χ1) is 17.2. The Kier molecular flexibility index (Phi) is 12.2. The third kappa shape index (κ3) is 9.14. The van der Waals surface area contributed by atoms with Gasteiger partial charge in [-0.25, -0.2) is 0 Å². The molecule has 0 aromatic heterocycles. The average Bonchev–Trinajstić information content (AvgIpc) is 3.35. The normalized spacial score (nSPS) is 16.5. The van der Waals surface area contributed by atoms with Crippen molar-refractivity contribution in [2.45, 2.75) is 92.3 Å². The Hall–Kier alpha value is -2.57. The van der Waals surface area contributed by atoms with Gasteiger partial charge in [-0.2, -0.15) is 0 Å². The fourth-order valence-electron chi connectivity index (χ4n) is 4.21. The smallest absolute Gasteiger partial charge is 0.323 e. The van der Waals surface area contributed by atoms with Crippen molar-refractivity contribution in [3.63, 3.8) is 0 Å². The van der Waals surface area contributed by atoms with E-state index in [-0.39, 0.29) is 23.8 Å². The third-order valence-electron chi connectivity index (χ3n) is 6.63. The zero-order chi connectivity index (χ0) is 26.7. The van der Waals surface area contributed by atoms with E-state index in [2.05, 4.69) is 37.4 Å². The van der Waals surface area contributed by atoms with E-state index in [1.54, 1.807) is 14.0 Å². The van der Waals surface area contributed by atoms with Gasteiger partial charge in [-0.3, -0.25) is 14.6 Å². The number of methoxy groups -OCH3 is 1. The summed E-state index contributed by atoms with van der Waals surface area (Å²) in [6, 6.07) is 5.76. The highest BCUT2D eigenvalue weighted by Gasteiger charge is 2.25. The maximum atomic E-state index is 12.8. The number of esters is 1. The quantitative estimate of drug-likeness (QED) is 0.153. The van der Waals surface area contributed by atoms with Crippen molar-refractivity contribution in [2.24, 2.45) is 10.9 Å². The molecule has 0 amide bonds. The van der Waals surface area contributed by atoms with E-state index >= 15 is 0 Å². The van der Waals surface area contributed by atoms with Crippen LogP contribution in [0.3, 0.4) is 0 Å². The number of rotatable bonds is 13. The minimum atomic E-state index is -0.417. The van der Waals surface area contributed by atoms with E-state index in [0.29, 0.717) is 25.1 Å². The van der Waals surface area contributed by atoms with Crippen LogP contribution in [0.5, 0.6) is 0 Å². The van der Waals surface area contributed by atoms with Gasteiger partial charge in [0, 0.05) is 20.3 Å². The lowest BCUT2D eigenvalue weighted by Crippen LogP contribution is -2.40. The van der Waals surface area contributed by atoms with Crippen LogP contribution in [0.2, 0.25) is 0 Å². The molecule has 6 nitrogen and oxygen atoms in total. The van der Waals surface area contributed by atoms with Gasteiger partial charge in [-0.1, -0.05) is 32.1 Å². The molecule has 0 radical (unpaired) electrons. The highest BCUT2D eigenvalue weighted by molar-refractivity contribution is 6.07. The molecule has 0 bridgehead atoms. The fourth-order valence-corrected chi connectivity index (χ4v) is 4.21. The van der Waals surface area contributed by atoms with Crippen molar-refractivity contribution >= 4 is 23.2 Å². The molecule has 6 heteroatoms. The lowest BCUT2D eigenvalue weighted by atomic mass is 9.96. The molecule has 36 heavy (non-hydrogen) atoms. The van der Waals surface area contributed by atoms with Crippen LogP contribution in [-0.4, -0.2) is 43.3 Å². The number of allylic oxidation sites excluding steroid dienone is 4. The second-order valence-electron chi connectivity index (χ2n) is 9.96. The number of hydrogen-bond acceptors (Lipinski definition) is 6. The van der Waals surface area contributed by atoms with Crippen LogP contribution in [0.4, 0.5) is 5.69 Å². The number of Topliss-reactive ketones (excluding diaryl/α,β-unsaturated/α-hetero) is 1. The Morgan fingerprint density at radius 1 is 1.19 bits per heavy atom. The first kappa shape index (κ1) is 29.7. The van der Waals surface area contributed by atoms with E-state index in [1.165, 1.54) is 0 Å². The summed E-state index contributed by atoms with van der Waals surface area (Å²) in [6.45, 7) is 12.6. The second-order valence-corrected chi connectivity index (χ2v) is 9.96. The molecule has 0 aliphatic heterocycles. The minimum Gasteiger partial charge on any atom is -0.461 e. The van der Waals surface area contributed by atoms with Crippen LogP contribution in [0.15, 0.2) is 46.5 Å². The Bertz CT molecular complexity index is 985. The van der Waals surface area contributed by atoms with Gasteiger partial charge in [0.2, 0.25) is 0 Å². The van der Waals surface area contributed by atoms with Gasteiger partial charge in [0.15, 0.2) is 5.78 Å². The molecule has 1 N–H and O–H groups in total. The summed E-state index contributed by atoms with van der Waals surface area (Å²) in [6.07, 6.45) is 8.67. The maximum absolute atomic E-state index is 12.8. The summed E-state index contributed by atoms with van der Waals surface area (Å²) in [4.78, 5) is 29.6. The Balaban J connectivity index is 2.24. The van der Waals surface area contributed by atoms with Crippen molar-refractivity contribution < 1.29 is 19.1 Å². The molecule has 0 saturated heterocycles. The molecule has 1 aliphatic rings. The molecule has 1 saturated carbocycles. The number of ketones is 1. The van der Waals surface area contributed by atoms with Crippen LogP contribution >= 0.6 is 0 Å². The summed E-state index contributed by atoms with van der Waals surface area (Å²) in [5, 5.41) is 3.38. The van der Waals surface area contributed by atoms with Crippen LogP contribution in [-0.2, 0) is 25.6 Å². The summed E-state index contributed by atoms with van der Waals surface area (Å²) < 4.78 is 11.0. The van der Waals surface area contributed by atoms with E-state index in [0.717, 1.165) is 53.8 Å². The predicted octanol–water partition coefficient (Wildman–Crippen LogP) is 6.19. The maximum Gasteiger partial charge on any atom is 0.323 e. The van der Waals surface area contributed by atoms with E-state index in [1.807, 2.05) is 32.9 Å². The second kappa shape index (κ2) is 14.9. The van der Waals surface area contributed by atoms with Crippen molar-refractivity contribution in [3.05, 3.63) is 52.6 Å². The van der Waals surface area contributed by atoms with Crippen LogP contribution in [0.25, 0.3) is 0 Å². The molecule has 2 rings (SSSR count). The summed E-state index contributed by atoms with van der Waals surface area (Å²) in [5.74, 6) is 0.0325. The van der Waals surface area contributed by atoms with Gasteiger partial charge in [0.05, 0.1) is 11.4 Å². The predicted molar refractivity (Wildman–Crippen MR) is 147 cm³/mol. The number of benzene rings is 1. The molecule has 1 aromatic carbocycles. The highest BCUT2D eigenvalue weighted by Crippen LogP contribution is 2.25. The Morgan fingerprint density at radius 3 is 2.47 bits per heavy atom. The largest absolute Gasteiger partial charge is 0.461 e. The number of hydrogen-bond donors (Lipinski definition) is 1. The van der Waals surface area contributed by atoms with Crippen molar-refractivity contribution in [1.29, 1.82) is 0 Å². The zero-order valence-corrected chi connectivity index (χ0v) is 23.1. The molecular weight excluding hydrogens is 452 g/mol. The molecular formula is C30H44N2O4. The molecule has 0 heterocycles. The molecule has 1 fully saturated rings. The first-order valence-electron chi connectivity index (χ1n) is 13.1. The van der Waals surface area contributed by atoms with Crippen LogP contribution in [0, 0.1) is 12.8 Å². The van der Waals surface area contributed by atoms with Gasteiger partial charge in [-0.05, 0) is 100 Å². The van der Waals surface area contributed by atoms with Crippen LogP contribution in [0.1, 0.15) is 77.8 Å². The SMILES string of the molecule is C/C=C(\C=C(\C)C(C)=O)C(=N/c1cc(CNC(CCOC)C(=O)OC2CCCC2)ccc1C)/C(C)C. The van der Waals surface area contributed by atoms with E-state index in [9.17, 15) is 9.59 Å². The highest BCUT2D eigenvalue weighted by atomic mass is 16.5. The van der Waals surface area contributed by atoms with Crippen molar-refractivity contribution in [2.75, 3.05) is 13.7 Å². The van der Waals surface area contributed by atoms with Gasteiger partial charge >= 0.3 is 5.97 Å². The summed E-state index contributed by atoms with van der Waals surface area (Å²) >= 11 is 0. The third-order valence-corrected chi connectivity index (χ3v) is 6.63. The Labute approximate surface area is 217 Å². The monoisotopic (exact) mass is 496 g/mol. The molecule has 0 spiro atoms. The molecule has 1 unspecified atom stereocenters. The van der Waals surface area contributed by atoms with E-state index < -0.39 is 6.04 Å². The summed E-state index contributed by atoms with van der Waals surface area (Å²) in [7, 11) is 1.64. The molecule has 1 aromatic rings. The van der Waals surface area contributed by atoms with Crippen molar-refractivity contribution in [3.8, 4) is 0 Å². The number of nitrogens with zero attached hydrogens (tertiary/aromatic N) is 1. The van der Waals surface area contributed by atoms with Gasteiger partial charge in [0.1, 0.15) is 12.1 Å². The zero-order valence-electron chi connectivity index (χ0n) is 23.1. The van der Waals surface area contributed by atoms with Gasteiger partial charge in [0.25, 0.3) is 0 Å².